The first-order chi connectivity index (χ1) is 12.6. The molecule has 0 spiro atoms. The maximum atomic E-state index is 11.6. The van der Waals surface area contributed by atoms with Crippen molar-refractivity contribution in [2.75, 3.05) is 0 Å². The van der Waals surface area contributed by atoms with Crippen molar-refractivity contribution in [2.45, 2.75) is 13.2 Å². The molecule has 0 radical (unpaired) electrons. The topological polar surface area (TPSA) is 68.7 Å². The van der Waals surface area contributed by atoms with Crippen molar-refractivity contribution in [1.82, 2.24) is 4.98 Å². The lowest BCUT2D eigenvalue weighted by Gasteiger charge is -2.15. The van der Waals surface area contributed by atoms with Crippen LogP contribution in [-0.2, 0) is 13.2 Å². The van der Waals surface area contributed by atoms with Gasteiger partial charge in [0.2, 0.25) is 0 Å². The number of rotatable bonds is 7. The smallest absolute Gasteiger partial charge is 0.358 e. The maximum Gasteiger partial charge on any atom is 0.358 e. The number of aromatic nitrogens is 1. The van der Waals surface area contributed by atoms with Gasteiger partial charge >= 0.3 is 5.97 Å². The van der Waals surface area contributed by atoms with Gasteiger partial charge in [0.1, 0.15) is 17.8 Å². The average molecular weight is 414 g/mol. The Labute approximate surface area is 159 Å². The Bertz CT molecular complexity index is 885. The summed E-state index contributed by atoms with van der Waals surface area (Å²) >= 11 is 3.23. The maximum absolute atomic E-state index is 11.6. The summed E-state index contributed by atoms with van der Waals surface area (Å²) in [7, 11) is 0. The molecule has 0 unspecified atom stereocenters. The number of carboxylic acids is 1. The number of halogens is 1. The van der Waals surface area contributed by atoms with E-state index in [1.54, 1.807) is 6.07 Å². The second kappa shape index (κ2) is 8.49. The van der Waals surface area contributed by atoms with E-state index in [9.17, 15) is 9.90 Å². The molecule has 5 nitrogen and oxygen atoms in total. The van der Waals surface area contributed by atoms with Crippen LogP contribution >= 0.6 is 15.9 Å². The lowest BCUT2D eigenvalue weighted by atomic mass is 10.2. The third kappa shape index (κ3) is 4.61. The van der Waals surface area contributed by atoms with E-state index < -0.39 is 5.97 Å². The minimum absolute atomic E-state index is 0.112. The quantitative estimate of drug-likeness (QED) is 0.568. The van der Waals surface area contributed by atoms with E-state index in [0.717, 1.165) is 11.1 Å². The molecule has 0 fully saturated rings. The Kier molecular flexibility index (Phi) is 5.86. The molecule has 0 amide bonds. The van der Waals surface area contributed by atoms with E-state index in [4.69, 9.17) is 9.47 Å². The first kappa shape index (κ1) is 17.9. The van der Waals surface area contributed by atoms with Crippen LogP contribution in [0.1, 0.15) is 21.6 Å². The Morgan fingerprint density at radius 1 is 0.923 bits per heavy atom. The van der Waals surface area contributed by atoms with Crippen LogP contribution in [0.3, 0.4) is 0 Å². The van der Waals surface area contributed by atoms with Crippen molar-refractivity contribution in [3.05, 3.63) is 88.2 Å². The van der Waals surface area contributed by atoms with Crippen molar-refractivity contribution in [1.29, 1.82) is 0 Å². The van der Waals surface area contributed by atoms with Gasteiger partial charge in [-0.25, -0.2) is 9.78 Å². The third-order valence-electron chi connectivity index (χ3n) is 3.57. The summed E-state index contributed by atoms with van der Waals surface area (Å²) in [4.78, 5) is 15.6. The normalized spacial score (nSPS) is 10.3. The highest BCUT2D eigenvalue weighted by molar-refractivity contribution is 9.10. The molecule has 0 saturated heterocycles. The highest BCUT2D eigenvalue weighted by Gasteiger charge is 2.21. The van der Waals surface area contributed by atoms with Crippen LogP contribution in [0.5, 0.6) is 11.5 Å². The van der Waals surface area contributed by atoms with E-state index in [0.29, 0.717) is 10.4 Å². The predicted octanol–water partition coefficient (Wildman–Crippen LogP) is 4.70. The number of hydrogen-bond acceptors (Lipinski definition) is 4. The summed E-state index contributed by atoms with van der Waals surface area (Å²) in [6.45, 7) is 0.504. The molecule has 0 aliphatic heterocycles. The number of carboxylic acid groups (broad SMARTS) is 1. The fraction of sp³-hybridized carbons (Fsp3) is 0.100. The van der Waals surface area contributed by atoms with Crippen LogP contribution in [0.25, 0.3) is 0 Å². The van der Waals surface area contributed by atoms with Crippen molar-refractivity contribution < 1.29 is 19.4 Å². The molecule has 1 heterocycles. The summed E-state index contributed by atoms with van der Waals surface area (Å²) in [5, 5.41) is 9.48. The number of nitrogens with zero attached hydrogens (tertiary/aromatic N) is 1. The molecule has 132 valence electrons. The number of ether oxygens (including phenoxy) is 2. The summed E-state index contributed by atoms with van der Waals surface area (Å²) in [5.74, 6) is -0.747. The second-order valence-corrected chi connectivity index (χ2v) is 6.29. The molecule has 26 heavy (non-hydrogen) atoms. The zero-order chi connectivity index (χ0) is 18.4. The van der Waals surface area contributed by atoms with E-state index in [1.807, 2.05) is 60.7 Å². The summed E-state index contributed by atoms with van der Waals surface area (Å²) in [6.07, 6.45) is 0. The van der Waals surface area contributed by atoms with Gasteiger partial charge in [0.05, 0.1) is 0 Å². The molecule has 1 N–H and O–H groups in total. The van der Waals surface area contributed by atoms with Crippen molar-refractivity contribution in [2.24, 2.45) is 0 Å². The van der Waals surface area contributed by atoms with Crippen molar-refractivity contribution >= 4 is 21.9 Å². The minimum Gasteiger partial charge on any atom is -0.485 e. The molecular weight excluding hydrogens is 398 g/mol. The first-order valence-corrected chi connectivity index (χ1v) is 8.70. The van der Waals surface area contributed by atoms with Crippen LogP contribution < -0.4 is 9.47 Å². The second-order valence-electron chi connectivity index (χ2n) is 5.47. The average Bonchev–Trinajstić information content (AvgIpc) is 2.66. The summed E-state index contributed by atoms with van der Waals surface area (Å²) in [5.41, 5.74) is 1.69. The molecule has 6 heteroatoms. The number of aromatic carboxylic acids is 1. The molecule has 3 aromatic rings. The Hall–Kier alpha value is -2.86. The molecule has 2 aromatic carbocycles. The lowest BCUT2D eigenvalue weighted by Crippen LogP contribution is -2.09. The van der Waals surface area contributed by atoms with E-state index in [1.165, 1.54) is 0 Å². The number of carbonyl (C=O) groups is 1. The lowest BCUT2D eigenvalue weighted by molar-refractivity contribution is 0.0683. The van der Waals surface area contributed by atoms with E-state index in [-0.39, 0.29) is 24.7 Å². The van der Waals surface area contributed by atoms with Crippen molar-refractivity contribution in [3.8, 4) is 11.5 Å². The Morgan fingerprint density at radius 3 is 2.00 bits per heavy atom. The first-order valence-electron chi connectivity index (χ1n) is 7.91. The third-order valence-corrected chi connectivity index (χ3v) is 3.98. The number of hydrogen-bond donors (Lipinski definition) is 1. The SMILES string of the molecule is O=C(O)c1nc(Br)cc(OCc2ccccc2)c1OCc1ccccc1. The summed E-state index contributed by atoms with van der Waals surface area (Å²) in [6, 6.07) is 20.7. The standard InChI is InChI=1S/C20H16BrNO4/c21-17-11-16(25-12-14-7-3-1-4-8-14)19(18(22-17)20(23)24)26-13-15-9-5-2-6-10-15/h1-11H,12-13H2,(H,23,24). The summed E-state index contributed by atoms with van der Waals surface area (Å²) < 4.78 is 12.0. The monoisotopic (exact) mass is 413 g/mol. The van der Waals surface area contributed by atoms with Gasteiger partial charge in [-0.05, 0) is 27.1 Å². The van der Waals surface area contributed by atoms with Gasteiger partial charge in [0, 0.05) is 6.07 Å². The van der Waals surface area contributed by atoms with Gasteiger partial charge in [0.25, 0.3) is 0 Å². The number of pyridine rings is 1. The van der Waals surface area contributed by atoms with E-state index >= 15 is 0 Å². The molecule has 3 rings (SSSR count). The molecule has 0 aliphatic rings. The van der Waals surface area contributed by atoms with E-state index in [2.05, 4.69) is 20.9 Å². The van der Waals surface area contributed by atoms with Crippen LogP contribution in [0.15, 0.2) is 71.3 Å². The molecule has 0 aliphatic carbocycles. The largest absolute Gasteiger partial charge is 0.485 e. The van der Waals surface area contributed by atoms with Gasteiger partial charge in [-0.1, -0.05) is 60.7 Å². The van der Waals surface area contributed by atoms with Gasteiger partial charge in [-0.15, -0.1) is 0 Å². The Balaban J connectivity index is 1.87. The fourth-order valence-corrected chi connectivity index (χ4v) is 2.72. The molecule has 0 bridgehead atoms. The molecular formula is C20H16BrNO4. The van der Waals surface area contributed by atoms with Crippen molar-refractivity contribution in [3.63, 3.8) is 0 Å². The van der Waals surface area contributed by atoms with Crippen LogP contribution in [0.4, 0.5) is 0 Å². The fourth-order valence-electron chi connectivity index (χ4n) is 2.34. The molecule has 1 aromatic heterocycles. The number of benzene rings is 2. The van der Waals surface area contributed by atoms with Crippen LogP contribution in [0.2, 0.25) is 0 Å². The minimum atomic E-state index is -1.18. The van der Waals surface area contributed by atoms with Gasteiger partial charge in [0.15, 0.2) is 17.2 Å². The zero-order valence-corrected chi connectivity index (χ0v) is 15.3. The highest BCUT2D eigenvalue weighted by atomic mass is 79.9. The highest BCUT2D eigenvalue weighted by Crippen LogP contribution is 2.34. The van der Waals surface area contributed by atoms with Crippen LogP contribution in [0, 0.1) is 0 Å². The molecule has 0 atom stereocenters. The van der Waals surface area contributed by atoms with Crippen LogP contribution in [-0.4, -0.2) is 16.1 Å². The van der Waals surface area contributed by atoms with Gasteiger partial charge < -0.3 is 14.6 Å². The van der Waals surface area contributed by atoms with Gasteiger partial charge in [-0.3, -0.25) is 0 Å². The molecule has 0 saturated carbocycles. The Morgan fingerprint density at radius 2 is 1.46 bits per heavy atom. The predicted molar refractivity (Wildman–Crippen MR) is 100 cm³/mol. The van der Waals surface area contributed by atoms with Gasteiger partial charge in [-0.2, -0.15) is 0 Å². The zero-order valence-electron chi connectivity index (χ0n) is 13.8.